The molecule has 0 N–H and O–H groups in total. The number of carbonyl (C=O) groups is 1. The van der Waals surface area contributed by atoms with Gasteiger partial charge in [0.1, 0.15) is 6.61 Å². The maximum Gasteiger partial charge on any atom is 0.162 e. The normalized spacial score (nSPS) is 15.4. The van der Waals surface area contributed by atoms with Gasteiger partial charge >= 0.3 is 0 Å². The Morgan fingerprint density at radius 3 is 2.38 bits per heavy atom. The van der Waals surface area contributed by atoms with Crippen molar-refractivity contribution in [2.24, 2.45) is 5.92 Å². The van der Waals surface area contributed by atoms with Gasteiger partial charge in [-0.25, -0.2) is 0 Å². The van der Waals surface area contributed by atoms with Crippen LogP contribution in [0, 0.1) is 5.92 Å². The Balaban J connectivity index is 1.93. The molecule has 0 unspecified atom stereocenters. The van der Waals surface area contributed by atoms with E-state index < -0.39 is 0 Å². The molecule has 2 rings (SSSR count). The van der Waals surface area contributed by atoms with Gasteiger partial charge in [-0.3, -0.25) is 4.79 Å². The third-order valence-electron chi connectivity index (χ3n) is 3.07. The van der Waals surface area contributed by atoms with Crippen molar-refractivity contribution in [3.8, 4) is 0 Å². The molecule has 0 bridgehead atoms. The number of hydrogen-bond acceptors (Lipinski definition) is 2. The van der Waals surface area contributed by atoms with Gasteiger partial charge in [-0.15, -0.1) is 0 Å². The molecule has 1 aromatic rings. The van der Waals surface area contributed by atoms with Crippen LogP contribution < -0.4 is 0 Å². The smallest absolute Gasteiger partial charge is 0.162 e. The molecule has 0 atom stereocenters. The number of ether oxygens (including phenoxy) is 1. The van der Waals surface area contributed by atoms with Crippen LogP contribution in [-0.2, 0) is 22.4 Å². The molecule has 0 aromatic heterocycles. The predicted molar refractivity (Wildman–Crippen MR) is 63.4 cm³/mol. The summed E-state index contributed by atoms with van der Waals surface area (Å²) in [6.07, 6.45) is 1.90. The topological polar surface area (TPSA) is 26.3 Å². The first-order chi connectivity index (χ1) is 7.66. The van der Waals surface area contributed by atoms with Gasteiger partial charge in [0.25, 0.3) is 0 Å². The number of Topliss-reactive ketones (excluding diaryl/α,β-unsaturated/α-hetero) is 1. The number of ketones is 1. The molecule has 16 heavy (non-hydrogen) atoms. The van der Waals surface area contributed by atoms with Crippen LogP contribution in [0.2, 0.25) is 0 Å². The largest absolute Gasteiger partial charge is 0.371 e. The van der Waals surface area contributed by atoms with Crippen LogP contribution in [-0.4, -0.2) is 18.5 Å². The van der Waals surface area contributed by atoms with Crippen LogP contribution >= 0.6 is 0 Å². The standard InChI is InChI=1S/C14H18O2/c1-10(2)16-9-14(15)13-7-11-5-3-4-6-12(11)8-13/h3-6,10,13H,7-9H2,1-2H3. The average molecular weight is 218 g/mol. The van der Waals surface area contributed by atoms with Gasteiger partial charge in [0, 0.05) is 5.92 Å². The van der Waals surface area contributed by atoms with E-state index in [1.807, 2.05) is 26.0 Å². The lowest BCUT2D eigenvalue weighted by Crippen LogP contribution is -2.22. The zero-order valence-electron chi connectivity index (χ0n) is 9.90. The second kappa shape index (κ2) is 4.79. The molecule has 0 aliphatic heterocycles. The summed E-state index contributed by atoms with van der Waals surface area (Å²) in [5.74, 6) is 0.376. The molecule has 0 saturated carbocycles. The van der Waals surface area contributed by atoms with Crippen molar-refractivity contribution in [1.82, 2.24) is 0 Å². The summed E-state index contributed by atoms with van der Waals surface area (Å²) < 4.78 is 5.37. The van der Waals surface area contributed by atoms with Crippen molar-refractivity contribution in [3.63, 3.8) is 0 Å². The summed E-state index contributed by atoms with van der Waals surface area (Å²) in [6, 6.07) is 8.31. The second-order valence-electron chi connectivity index (χ2n) is 4.70. The van der Waals surface area contributed by atoms with Crippen molar-refractivity contribution in [2.75, 3.05) is 6.61 Å². The van der Waals surface area contributed by atoms with E-state index in [4.69, 9.17) is 4.74 Å². The molecule has 0 saturated heterocycles. The third-order valence-corrected chi connectivity index (χ3v) is 3.07. The maximum atomic E-state index is 11.9. The van der Waals surface area contributed by atoms with E-state index in [1.54, 1.807) is 0 Å². The van der Waals surface area contributed by atoms with Crippen molar-refractivity contribution < 1.29 is 9.53 Å². The van der Waals surface area contributed by atoms with Crippen molar-refractivity contribution in [3.05, 3.63) is 35.4 Å². The first-order valence-corrected chi connectivity index (χ1v) is 5.88. The molecular weight excluding hydrogens is 200 g/mol. The number of benzene rings is 1. The Kier molecular flexibility index (Phi) is 3.39. The average Bonchev–Trinajstić information content (AvgIpc) is 2.69. The quantitative estimate of drug-likeness (QED) is 0.775. The van der Waals surface area contributed by atoms with E-state index in [0.29, 0.717) is 0 Å². The second-order valence-corrected chi connectivity index (χ2v) is 4.70. The van der Waals surface area contributed by atoms with E-state index >= 15 is 0 Å². The highest BCUT2D eigenvalue weighted by Crippen LogP contribution is 2.27. The molecule has 0 spiro atoms. The third kappa shape index (κ3) is 2.50. The highest BCUT2D eigenvalue weighted by atomic mass is 16.5. The number of fused-ring (bicyclic) bond motifs is 1. The summed E-state index contributed by atoms with van der Waals surface area (Å²) in [5, 5.41) is 0. The molecule has 0 radical (unpaired) electrons. The molecule has 0 amide bonds. The zero-order chi connectivity index (χ0) is 11.5. The van der Waals surface area contributed by atoms with Crippen LogP contribution in [0.5, 0.6) is 0 Å². The van der Waals surface area contributed by atoms with Gasteiger partial charge in [0.2, 0.25) is 0 Å². The zero-order valence-corrected chi connectivity index (χ0v) is 9.90. The first-order valence-electron chi connectivity index (χ1n) is 5.88. The lowest BCUT2D eigenvalue weighted by atomic mass is 10.0. The minimum Gasteiger partial charge on any atom is -0.371 e. The molecule has 1 aliphatic carbocycles. The summed E-state index contributed by atoms with van der Waals surface area (Å²) in [5.41, 5.74) is 2.65. The minimum absolute atomic E-state index is 0.132. The highest BCUT2D eigenvalue weighted by molar-refractivity contribution is 5.83. The van der Waals surface area contributed by atoms with Gasteiger partial charge in [0.05, 0.1) is 6.10 Å². The van der Waals surface area contributed by atoms with Crippen LogP contribution in [0.1, 0.15) is 25.0 Å². The minimum atomic E-state index is 0.132. The molecule has 0 heterocycles. The Labute approximate surface area is 96.6 Å². The van der Waals surface area contributed by atoms with Gasteiger partial charge in [-0.2, -0.15) is 0 Å². The van der Waals surface area contributed by atoms with Gasteiger partial charge in [-0.05, 0) is 37.8 Å². The predicted octanol–water partition coefficient (Wildman–Crippen LogP) is 2.40. The molecule has 86 valence electrons. The summed E-state index contributed by atoms with van der Waals surface area (Å²) >= 11 is 0. The number of rotatable bonds is 4. The monoisotopic (exact) mass is 218 g/mol. The van der Waals surface area contributed by atoms with Crippen LogP contribution in [0.4, 0.5) is 0 Å². The highest BCUT2D eigenvalue weighted by Gasteiger charge is 2.26. The Morgan fingerprint density at radius 2 is 1.88 bits per heavy atom. The van der Waals surface area contributed by atoms with Gasteiger partial charge < -0.3 is 4.74 Å². The fraction of sp³-hybridized carbons (Fsp3) is 0.500. The molecule has 2 heteroatoms. The lowest BCUT2D eigenvalue weighted by molar-refractivity contribution is -0.128. The fourth-order valence-electron chi connectivity index (χ4n) is 2.15. The van der Waals surface area contributed by atoms with E-state index in [9.17, 15) is 4.79 Å². The van der Waals surface area contributed by atoms with Gasteiger partial charge in [0.15, 0.2) is 5.78 Å². The van der Waals surface area contributed by atoms with E-state index in [1.165, 1.54) is 11.1 Å². The van der Waals surface area contributed by atoms with E-state index in [0.717, 1.165) is 12.8 Å². The summed E-state index contributed by atoms with van der Waals surface area (Å²) in [7, 11) is 0. The Morgan fingerprint density at radius 1 is 1.31 bits per heavy atom. The Hall–Kier alpha value is -1.15. The molecule has 0 fully saturated rings. The molecular formula is C14H18O2. The first kappa shape index (κ1) is 11.3. The van der Waals surface area contributed by atoms with Crippen LogP contribution in [0.25, 0.3) is 0 Å². The summed E-state index contributed by atoms with van der Waals surface area (Å²) in [6.45, 7) is 4.17. The lowest BCUT2D eigenvalue weighted by Gasteiger charge is -2.10. The number of hydrogen-bond donors (Lipinski definition) is 0. The SMILES string of the molecule is CC(C)OCC(=O)C1Cc2ccccc2C1. The van der Waals surface area contributed by atoms with E-state index in [2.05, 4.69) is 12.1 Å². The molecule has 1 aliphatic rings. The van der Waals surface area contributed by atoms with Crippen molar-refractivity contribution in [1.29, 1.82) is 0 Å². The number of carbonyl (C=O) groups excluding carboxylic acids is 1. The molecule has 2 nitrogen and oxygen atoms in total. The van der Waals surface area contributed by atoms with E-state index in [-0.39, 0.29) is 24.4 Å². The van der Waals surface area contributed by atoms with Crippen LogP contribution in [0.15, 0.2) is 24.3 Å². The fourth-order valence-corrected chi connectivity index (χ4v) is 2.15. The van der Waals surface area contributed by atoms with Crippen molar-refractivity contribution >= 4 is 5.78 Å². The summed E-state index contributed by atoms with van der Waals surface area (Å²) in [4.78, 5) is 11.9. The molecule has 1 aromatic carbocycles. The maximum absolute atomic E-state index is 11.9. The Bertz CT molecular complexity index is 357. The van der Waals surface area contributed by atoms with Gasteiger partial charge in [-0.1, -0.05) is 24.3 Å². The van der Waals surface area contributed by atoms with Crippen LogP contribution in [0.3, 0.4) is 0 Å². The van der Waals surface area contributed by atoms with Crippen molar-refractivity contribution in [2.45, 2.75) is 32.8 Å².